The van der Waals surface area contributed by atoms with Gasteiger partial charge in [-0.05, 0) is 38.5 Å². The standard InChI is InChI=1S/C13H13BrN2O2/c1-7-4-5-10(6-11(7)14)16-9(3)15-8(2)12(16)13(17)18/h4-6H,1-3H3,(H,17,18). The molecule has 0 bridgehead atoms. The molecule has 1 aromatic heterocycles. The maximum absolute atomic E-state index is 11.3. The highest BCUT2D eigenvalue weighted by molar-refractivity contribution is 9.10. The van der Waals surface area contributed by atoms with E-state index >= 15 is 0 Å². The van der Waals surface area contributed by atoms with Crippen molar-refractivity contribution >= 4 is 21.9 Å². The monoisotopic (exact) mass is 308 g/mol. The van der Waals surface area contributed by atoms with Crippen molar-refractivity contribution in [1.82, 2.24) is 9.55 Å². The summed E-state index contributed by atoms with van der Waals surface area (Å²) in [5.74, 6) is -0.301. The highest BCUT2D eigenvalue weighted by Crippen LogP contribution is 2.23. The third-order valence-electron chi connectivity index (χ3n) is 2.84. The number of hydrogen-bond donors (Lipinski definition) is 1. The van der Waals surface area contributed by atoms with E-state index in [1.165, 1.54) is 0 Å². The van der Waals surface area contributed by atoms with Gasteiger partial charge in [-0.1, -0.05) is 22.0 Å². The molecule has 0 fully saturated rings. The maximum atomic E-state index is 11.3. The number of aryl methyl sites for hydroxylation is 3. The fourth-order valence-corrected chi connectivity index (χ4v) is 2.32. The van der Waals surface area contributed by atoms with Gasteiger partial charge in [0.1, 0.15) is 5.82 Å². The molecule has 18 heavy (non-hydrogen) atoms. The molecular weight excluding hydrogens is 296 g/mol. The number of benzene rings is 1. The highest BCUT2D eigenvalue weighted by atomic mass is 79.9. The van der Waals surface area contributed by atoms with Gasteiger partial charge in [-0.15, -0.1) is 0 Å². The Bertz CT molecular complexity index is 632. The van der Waals surface area contributed by atoms with Crippen LogP contribution in [-0.4, -0.2) is 20.6 Å². The lowest BCUT2D eigenvalue weighted by Gasteiger charge is -2.09. The molecule has 0 aliphatic rings. The fourth-order valence-electron chi connectivity index (χ4n) is 1.96. The van der Waals surface area contributed by atoms with Gasteiger partial charge in [0.25, 0.3) is 0 Å². The zero-order valence-corrected chi connectivity index (χ0v) is 11.9. The van der Waals surface area contributed by atoms with Crippen LogP contribution in [0, 0.1) is 20.8 Å². The van der Waals surface area contributed by atoms with Crippen LogP contribution >= 0.6 is 15.9 Å². The van der Waals surface area contributed by atoms with E-state index in [0.717, 1.165) is 15.7 Å². The lowest BCUT2D eigenvalue weighted by molar-refractivity contribution is 0.0687. The molecule has 0 unspecified atom stereocenters. The molecule has 0 aliphatic heterocycles. The summed E-state index contributed by atoms with van der Waals surface area (Å²) in [7, 11) is 0. The predicted octanol–water partition coefficient (Wildman–Crippen LogP) is 3.26. The number of rotatable bonds is 2. The van der Waals surface area contributed by atoms with Crippen molar-refractivity contribution in [1.29, 1.82) is 0 Å². The first-order valence-corrected chi connectivity index (χ1v) is 6.27. The molecule has 0 saturated carbocycles. The van der Waals surface area contributed by atoms with E-state index < -0.39 is 5.97 Å². The third kappa shape index (κ3) is 2.06. The molecule has 5 heteroatoms. The van der Waals surface area contributed by atoms with E-state index in [1.54, 1.807) is 18.4 Å². The average Bonchev–Trinajstić information content (AvgIpc) is 2.57. The first kappa shape index (κ1) is 12.8. The maximum Gasteiger partial charge on any atom is 0.354 e. The molecule has 2 rings (SSSR count). The second kappa shape index (κ2) is 4.57. The Labute approximate surface area is 113 Å². The number of halogens is 1. The molecule has 4 nitrogen and oxygen atoms in total. The van der Waals surface area contributed by atoms with Crippen molar-refractivity contribution in [2.75, 3.05) is 0 Å². The summed E-state index contributed by atoms with van der Waals surface area (Å²) in [5.41, 5.74) is 2.63. The fraction of sp³-hybridized carbons (Fsp3) is 0.231. The van der Waals surface area contributed by atoms with Gasteiger partial charge < -0.3 is 5.11 Å². The van der Waals surface area contributed by atoms with Gasteiger partial charge in [-0.25, -0.2) is 9.78 Å². The number of carbonyl (C=O) groups is 1. The Hall–Kier alpha value is -1.62. The van der Waals surface area contributed by atoms with E-state index in [0.29, 0.717) is 11.5 Å². The molecule has 1 heterocycles. The van der Waals surface area contributed by atoms with Gasteiger partial charge in [0.05, 0.1) is 5.69 Å². The lowest BCUT2D eigenvalue weighted by atomic mass is 10.2. The van der Waals surface area contributed by atoms with Crippen molar-refractivity contribution < 1.29 is 9.90 Å². The van der Waals surface area contributed by atoms with Crippen molar-refractivity contribution in [3.8, 4) is 5.69 Å². The molecule has 0 aliphatic carbocycles. The number of aromatic nitrogens is 2. The summed E-state index contributed by atoms with van der Waals surface area (Å²) in [5, 5.41) is 9.27. The Morgan fingerprint density at radius 2 is 2.00 bits per heavy atom. The van der Waals surface area contributed by atoms with Gasteiger partial charge >= 0.3 is 5.97 Å². The zero-order chi connectivity index (χ0) is 13.4. The van der Waals surface area contributed by atoms with Crippen molar-refractivity contribution in [3.63, 3.8) is 0 Å². The molecule has 94 valence electrons. The van der Waals surface area contributed by atoms with Gasteiger partial charge in [-0.2, -0.15) is 0 Å². The molecule has 0 spiro atoms. The Morgan fingerprint density at radius 1 is 1.33 bits per heavy atom. The third-order valence-corrected chi connectivity index (χ3v) is 3.69. The first-order valence-electron chi connectivity index (χ1n) is 5.47. The van der Waals surface area contributed by atoms with Crippen LogP contribution in [0.3, 0.4) is 0 Å². The van der Waals surface area contributed by atoms with Gasteiger partial charge in [0, 0.05) is 10.2 Å². The van der Waals surface area contributed by atoms with Crippen LogP contribution in [0.2, 0.25) is 0 Å². The van der Waals surface area contributed by atoms with Gasteiger partial charge in [0.15, 0.2) is 5.69 Å². The molecule has 0 atom stereocenters. The topological polar surface area (TPSA) is 55.1 Å². The predicted molar refractivity (Wildman–Crippen MR) is 72.4 cm³/mol. The van der Waals surface area contributed by atoms with Crippen LogP contribution < -0.4 is 0 Å². The minimum absolute atomic E-state index is 0.211. The highest BCUT2D eigenvalue weighted by Gasteiger charge is 2.19. The quantitative estimate of drug-likeness (QED) is 0.926. The molecule has 1 N–H and O–H groups in total. The minimum Gasteiger partial charge on any atom is -0.477 e. The number of carboxylic acids is 1. The smallest absolute Gasteiger partial charge is 0.354 e. The van der Waals surface area contributed by atoms with Crippen LogP contribution in [0.4, 0.5) is 0 Å². The number of carboxylic acid groups (broad SMARTS) is 1. The van der Waals surface area contributed by atoms with Crippen LogP contribution in [0.1, 0.15) is 27.6 Å². The van der Waals surface area contributed by atoms with Crippen molar-refractivity contribution in [3.05, 3.63) is 45.4 Å². The average molecular weight is 309 g/mol. The summed E-state index contributed by atoms with van der Waals surface area (Å²) < 4.78 is 2.60. The Morgan fingerprint density at radius 3 is 2.56 bits per heavy atom. The van der Waals surface area contributed by atoms with Crippen molar-refractivity contribution in [2.45, 2.75) is 20.8 Å². The molecule has 0 saturated heterocycles. The summed E-state index contributed by atoms with van der Waals surface area (Å²) in [6.45, 7) is 5.49. The largest absolute Gasteiger partial charge is 0.477 e. The lowest BCUT2D eigenvalue weighted by Crippen LogP contribution is -2.09. The first-order chi connectivity index (χ1) is 8.41. The molecule has 0 amide bonds. The number of nitrogens with zero attached hydrogens (tertiary/aromatic N) is 2. The second-order valence-corrected chi connectivity index (χ2v) is 5.02. The SMILES string of the molecule is Cc1ccc(-n2c(C)nc(C)c2C(=O)O)cc1Br. The number of aromatic carboxylic acids is 1. The van der Waals surface area contributed by atoms with Gasteiger partial charge in [-0.3, -0.25) is 4.57 Å². The minimum atomic E-state index is -0.968. The van der Waals surface area contributed by atoms with Crippen LogP contribution in [-0.2, 0) is 0 Å². The van der Waals surface area contributed by atoms with Gasteiger partial charge in [0.2, 0.25) is 0 Å². The summed E-state index contributed by atoms with van der Waals surface area (Å²) in [6.07, 6.45) is 0. The second-order valence-electron chi connectivity index (χ2n) is 4.17. The van der Waals surface area contributed by atoms with Crippen molar-refractivity contribution in [2.24, 2.45) is 0 Å². The van der Waals surface area contributed by atoms with E-state index in [2.05, 4.69) is 20.9 Å². The summed E-state index contributed by atoms with van der Waals surface area (Å²) in [6, 6.07) is 5.73. The molecule has 2 aromatic rings. The number of hydrogen-bond acceptors (Lipinski definition) is 2. The van der Waals surface area contributed by atoms with E-state index in [9.17, 15) is 9.90 Å². The van der Waals surface area contributed by atoms with E-state index in [4.69, 9.17) is 0 Å². The van der Waals surface area contributed by atoms with E-state index in [1.807, 2.05) is 25.1 Å². The van der Waals surface area contributed by atoms with Crippen LogP contribution in [0.5, 0.6) is 0 Å². The zero-order valence-electron chi connectivity index (χ0n) is 10.4. The number of imidazole rings is 1. The molecular formula is C13H13BrN2O2. The summed E-state index contributed by atoms with van der Waals surface area (Å²) in [4.78, 5) is 15.5. The Balaban J connectivity index is 2.70. The summed E-state index contributed by atoms with van der Waals surface area (Å²) >= 11 is 3.46. The molecule has 1 aromatic carbocycles. The van der Waals surface area contributed by atoms with E-state index in [-0.39, 0.29) is 5.69 Å². The van der Waals surface area contributed by atoms with Crippen LogP contribution in [0.25, 0.3) is 5.69 Å². The normalized spacial score (nSPS) is 10.7. The van der Waals surface area contributed by atoms with Crippen LogP contribution in [0.15, 0.2) is 22.7 Å². The Kier molecular flexibility index (Phi) is 3.26. The molecule has 0 radical (unpaired) electrons.